The highest BCUT2D eigenvalue weighted by molar-refractivity contribution is 5.35. The van der Waals surface area contributed by atoms with E-state index in [-0.39, 0.29) is 11.5 Å². The molecule has 0 saturated carbocycles. The number of nitrogens with one attached hydrogen (secondary N) is 1. The van der Waals surface area contributed by atoms with Gasteiger partial charge in [-0.25, -0.2) is 0 Å². The summed E-state index contributed by atoms with van der Waals surface area (Å²) in [5.41, 5.74) is -0.363. The van der Waals surface area contributed by atoms with E-state index in [9.17, 15) is 13.2 Å². The number of rotatable bonds is 1. The Morgan fingerprint density at radius 3 is 2.41 bits per heavy atom. The molecule has 0 spiro atoms. The standard InChI is InChI=1S/C13H16F3N/c1-12(2)10(7-8-17-12)9-5-3-4-6-11(9)13(14,15)16/h3-6,10,17H,7-8H2,1-2H3. The van der Waals surface area contributed by atoms with Crippen molar-refractivity contribution in [3.63, 3.8) is 0 Å². The molecular formula is C13H16F3N. The third-order valence-electron chi connectivity index (χ3n) is 3.53. The zero-order valence-electron chi connectivity index (χ0n) is 9.93. The lowest BCUT2D eigenvalue weighted by Gasteiger charge is -2.29. The molecular weight excluding hydrogens is 227 g/mol. The number of hydrogen-bond acceptors (Lipinski definition) is 1. The maximum Gasteiger partial charge on any atom is 0.416 e. The monoisotopic (exact) mass is 243 g/mol. The van der Waals surface area contributed by atoms with Crippen LogP contribution in [0.3, 0.4) is 0 Å². The van der Waals surface area contributed by atoms with Crippen LogP contribution in [0.1, 0.15) is 37.3 Å². The summed E-state index contributed by atoms with van der Waals surface area (Å²) < 4.78 is 38.8. The van der Waals surface area contributed by atoms with Crippen LogP contribution in [0.4, 0.5) is 13.2 Å². The molecule has 1 atom stereocenters. The maximum atomic E-state index is 12.9. The van der Waals surface area contributed by atoms with Crippen molar-refractivity contribution in [3.8, 4) is 0 Å². The van der Waals surface area contributed by atoms with Gasteiger partial charge in [-0.05, 0) is 38.4 Å². The minimum Gasteiger partial charge on any atom is -0.311 e. The van der Waals surface area contributed by atoms with Gasteiger partial charge in [0, 0.05) is 11.5 Å². The van der Waals surface area contributed by atoms with Crippen molar-refractivity contribution in [2.24, 2.45) is 0 Å². The van der Waals surface area contributed by atoms with Gasteiger partial charge < -0.3 is 5.32 Å². The second kappa shape index (κ2) is 4.02. The Kier molecular flexibility index (Phi) is 2.94. The highest BCUT2D eigenvalue weighted by Gasteiger charge is 2.41. The average Bonchev–Trinajstić information content (AvgIpc) is 2.57. The molecule has 0 amide bonds. The van der Waals surface area contributed by atoms with Crippen LogP contribution in [0.2, 0.25) is 0 Å². The van der Waals surface area contributed by atoms with E-state index < -0.39 is 11.7 Å². The summed E-state index contributed by atoms with van der Waals surface area (Å²) in [5.74, 6) is -0.0830. The smallest absolute Gasteiger partial charge is 0.311 e. The summed E-state index contributed by atoms with van der Waals surface area (Å²) in [7, 11) is 0. The van der Waals surface area contributed by atoms with E-state index in [1.54, 1.807) is 12.1 Å². The van der Waals surface area contributed by atoms with Gasteiger partial charge in [-0.3, -0.25) is 0 Å². The summed E-state index contributed by atoms with van der Waals surface area (Å²) in [6, 6.07) is 5.90. The lowest BCUT2D eigenvalue weighted by Crippen LogP contribution is -2.37. The van der Waals surface area contributed by atoms with Crippen LogP contribution >= 0.6 is 0 Å². The molecule has 1 unspecified atom stereocenters. The molecule has 94 valence electrons. The Morgan fingerprint density at radius 2 is 1.88 bits per heavy atom. The van der Waals surface area contributed by atoms with Gasteiger partial charge in [-0.2, -0.15) is 13.2 Å². The molecule has 1 aliphatic rings. The number of benzene rings is 1. The first-order valence-electron chi connectivity index (χ1n) is 5.73. The topological polar surface area (TPSA) is 12.0 Å². The van der Waals surface area contributed by atoms with E-state index in [4.69, 9.17) is 0 Å². The minimum absolute atomic E-state index is 0.0830. The van der Waals surface area contributed by atoms with Crippen LogP contribution in [-0.4, -0.2) is 12.1 Å². The molecule has 1 saturated heterocycles. The number of hydrogen-bond donors (Lipinski definition) is 1. The normalized spacial score (nSPS) is 23.9. The Hall–Kier alpha value is -1.03. The quantitative estimate of drug-likeness (QED) is 0.795. The van der Waals surface area contributed by atoms with Crippen molar-refractivity contribution in [3.05, 3.63) is 35.4 Å². The zero-order valence-corrected chi connectivity index (χ0v) is 9.93. The third kappa shape index (κ3) is 2.32. The van der Waals surface area contributed by atoms with Crippen molar-refractivity contribution >= 4 is 0 Å². The summed E-state index contributed by atoms with van der Waals surface area (Å²) in [4.78, 5) is 0. The summed E-state index contributed by atoms with van der Waals surface area (Å²) in [5, 5.41) is 3.26. The van der Waals surface area contributed by atoms with Crippen LogP contribution in [0.25, 0.3) is 0 Å². The molecule has 1 N–H and O–H groups in total. The van der Waals surface area contributed by atoms with Gasteiger partial charge in [-0.1, -0.05) is 18.2 Å². The summed E-state index contributed by atoms with van der Waals surface area (Å²) >= 11 is 0. The van der Waals surface area contributed by atoms with Crippen molar-refractivity contribution in [2.45, 2.75) is 37.9 Å². The molecule has 0 aliphatic carbocycles. The zero-order chi connectivity index (χ0) is 12.7. The lowest BCUT2D eigenvalue weighted by atomic mass is 9.81. The van der Waals surface area contributed by atoms with Gasteiger partial charge in [0.15, 0.2) is 0 Å². The number of halogens is 3. The fourth-order valence-corrected chi connectivity index (χ4v) is 2.63. The molecule has 1 heterocycles. The lowest BCUT2D eigenvalue weighted by molar-refractivity contribution is -0.138. The predicted octanol–water partition coefficient (Wildman–Crippen LogP) is 3.56. The van der Waals surface area contributed by atoms with Crippen molar-refractivity contribution in [2.75, 3.05) is 6.54 Å². The van der Waals surface area contributed by atoms with E-state index in [0.717, 1.165) is 13.0 Å². The minimum atomic E-state index is -4.27. The van der Waals surface area contributed by atoms with Gasteiger partial charge in [0.25, 0.3) is 0 Å². The Bertz CT molecular complexity index is 409. The largest absolute Gasteiger partial charge is 0.416 e. The summed E-state index contributed by atoms with van der Waals surface area (Å²) in [6.07, 6.45) is -3.52. The van der Waals surface area contributed by atoms with Crippen molar-refractivity contribution < 1.29 is 13.2 Å². The first kappa shape index (κ1) is 12.4. The van der Waals surface area contributed by atoms with Crippen LogP contribution in [0.15, 0.2) is 24.3 Å². The Labute approximate surface area is 99.0 Å². The molecule has 1 nitrogen and oxygen atoms in total. The molecule has 1 aromatic rings. The average molecular weight is 243 g/mol. The van der Waals surface area contributed by atoms with Gasteiger partial charge in [0.2, 0.25) is 0 Å². The highest BCUT2D eigenvalue weighted by atomic mass is 19.4. The second-order valence-electron chi connectivity index (χ2n) is 5.07. The maximum absolute atomic E-state index is 12.9. The van der Waals surface area contributed by atoms with E-state index >= 15 is 0 Å². The number of alkyl halides is 3. The SMILES string of the molecule is CC1(C)NCCC1c1ccccc1C(F)(F)F. The van der Waals surface area contributed by atoms with E-state index in [1.807, 2.05) is 13.8 Å². The van der Waals surface area contributed by atoms with Crippen LogP contribution in [0.5, 0.6) is 0 Å². The fraction of sp³-hybridized carbons (Fsp3) is 0.538. The summed E-state index contributed by atoms with van der Waals surface area (Å²) in [6.45, 7) is 4.68. The Morgan fingerprint density at radius 1 is 1.24 bits per heavy atom. The van der Waals surface area contributed by atoms with Gasteiger partial charge in [0.05, 0.1) is 5.56 Å². The molecule has 4 heteroatoms. The molecule has 1 aromatic carbocycles. The van der Waals surface area contributed by atoms with Crippen molar-refractivity contribution in [1.82, 2.24) is 5.32 Å². The first-order chi connectivity index (χ1) is 7.82. The molecule has 0 bridgehead atoms. The molecule has 0 aromatic heterocycles. The van der Waals surface area contributed by atoms with Crippen LogP contribution < -0.4 is 5.32 Å². The van der Waals surface area contributed by atoms with Crippen LogP contribution in [-0.2, 0) is 6.18 Å². The Balaban J connectivity index is 2.46. The molecule has 17 heavy (non-hydrogen) atoms. The predicted molar refractivity (Wildman–Crippen MR) is 60.9 cm³/mol. The fourth-order valence-electron chi connectivity index (χ4n) is 2.63. The molecule has 1 fully saturated rings. The van der Waals surface area contributed by atoms with E-state index in [2.05, 4.69) is 5.32 Å². The highest BCUT2D eigenvalue weighted by Crippen LogP contribution is 2.42. The third-order valence-corrected chi connectivity index (χ3v) is 3.53. The molecule has 1 aliphatic heterocycles. The van der Waals surface area contributed by atoms with Crippen molar-refractivity contribution in [1.29, 1.82) is 0 Å². The molecule has 2 rings (SSSR count). The second-order valence-corrected chi connectivity index (χ2v) is 5.07. The van der Waals surface area contributed by atoms with Crippen LogP contribution in [0, 0.1) is 0 Å². The van der Waals surface area contributed by atoms with E-state index in [1.165, 1.54) is 12.1 Å². The van der Waals surface area contributed by atoms with E-state index in [0.29, 0.717) is 5.56 Å². The molecule has 0 radical (unpaired) electrons. The first-order valence-corrected chi connectivity index (χ1v) is 5.73. The van der Waals surface area contributed by atoms with Gasteiger partial charge >= 0.3 is 6.18 Å². The van der Waals surface area contributed by atoms with Gasteiger partial charge in [-0.15, -0.1) is 0 Å². The van der Waals surface area contributed by atoms with Gasteiger partial charge in [0.1, 0.15) is 0 Å².